The molecule has 142 valence electrons. The molecule has 0 radical (unpaired) electrons. The van der Waals surface area contributed by atoms with Gasteiger partial charge in [-0.2, -0.15) is 0 Å². The molecule has 0 bridgehead atoms. The van der Waals surface area contributed by atoms with E-state index in [9.17, 15) is 9.59 Å². The first-order valence-corrected chi connectivity index (χ1v) is 10.00. The average molecular weight is 413 g/mol. The van der Waals surface area contributed by atoms with Crippen LogP contribution in [0.4, 0.5) is 0 Å². The topological polar surface area (TPSA) is 68.4 Å². The Morgan fingerprint density at radius 2 is 2.04 bits per heavy atom. The third kappa shape index (κ3) is 3.72. The van der Waals surface area contributed by atoms with E-state index < -0.39 is 0 Å². The molecule has 6 nitrogen and oxygen atoms in total. The molecule has 0 fully saturated rings. The zero-order valence-electron chi connectivity index (χ0n) is 14.8. The van der Waals surface area contributed by atoms with Gasteiger partial charge in [0.1, 0.15) is 0 Å². The summed E-state index contributed by atoms with van der Waals surface area (Å²) in [5.41, 5.74) is 0.431. The van der Waals surface area contributed by atoms with E-state index >= 15 is 0 Å². The summed E-state index contributed by atoms with van der Waals surface area (Å²) in [6, 6.07) is 13.3. The van der Waals surface area contributed by atoms with Crippen LogP contribution in [0.5, 0.6) is 0 Å². The number of benzene rings is 1. The van der Waals surface area contributed by atoms with Crippen LogP contribution in [0.25, 0.3) is 21.8 Å². The van der Waals surface area contributed by atoms with Crippen molar-refractivity contribution in [2.24, 2.45) is 0 Å². The number of rotatable bonds is 6. The average Bonchev–Trinajstić information content (AvgIpc) is 3.21. The predicted octanol–water partition coefficient (Wildman–Crippen LogP) is 3.58. The summed E-state index contributed by atoms with van der Waals surface area (Å²) in [6.07, 6.45) is 5.50. The van der Waals surface area contributed by atoms with Gasteiger partial charge in [-0.15, -0.1) is 16.4 Å². The highest BCUT2D eigenvalue weighted by molar-refractivity contribution is 7.20. The standard InChI is InChI=1S/C20H17ClN4O2S/c21-19-14-6-1-2-7-15(14)28-16(19)9-10-18(26)22-11-5-13-25-20(27)24-12-4-3-8-17(24)23-25/h1-4,6-10,12H,5,11,13H2,(H,22,26)/b10-9+. The van der Waals surface area contributed by atoms with Crippen LogP contribution in [0.15, 0.2) is 59.5 Å². The molecule has 28 heavy (non-hydrogen) atoms. The van der Waals surface area contributed by atoms with E-state index in [1.54, 1.807) is 35.7 Å². The van der Waals surface area contributed by atoms with Crippen molar-refractivity contribution in [2.75, 3.05) is 6.54 Å². The molecular formula is C20H17ClN4O2S. The van der Waals surface area contributed by atoms with Crippen molar-refractivity contribution in [3.63, 3.8) is 0 Å². The van der Waals surface area contributed by atoms with E-state index in [0.717, 1.165) is 15.0 Å². The number of carbonyl (C=O) groups is 1. The number of amides is 1. The SMILES string of the molecule is O=C(/C=C/c1sc2ccccc2c1Cl)NCCCn1nc2ccccn2c1=O. The molecule has 1 aromatic carbocycles. The van der Waals surface area contributed by atoms with Gasteiger partial charge in [-0.3, -0.25) is 9.20 Å². The minimum Gasteiger partial charge on any atom is -0.352 e. The molecule has 0 saturated heterocycles. The minimum atomic E-state index is -0.198. The first kappa shape index (κ1) is 18.5. The van der Waals surface area contributed by atoms with Gasteiger partial charge in [0, 0.05) is 40.3 Å². The summed E-state index contributed by atoms with van der Waals surface area (Å²) < 4.78 is 4.00. The maximum atomic E-state index is 12.2. The predicted molar refractivity (Wildman–Crippen MR) is 113 cm³/mol. The molecule has 4 aromatic rings. The second kappa shape index (κ2) is 8.00. The number of thiophene rings is 1. The van der Waals surface area contributed by atoms with Gasteiger partial charge in [-0.25, -0.2) is 9.48 Å². The molecule has 0 unspecified atom stereocenters. The van der Waals surface area contributed by atoms with Crippen molar-refractivity contribution in [3.8, 4) is 0 Å². The molecule has 3 heterocycles. The van der Waals surface area contributed by atoms with Crippen LogP contribution in [0.1, 0.15) is 11.3 Å². The van der Waals surface area contributed by atoms with Gasteiger partial charge < -0.3 is 5.32 Å². The Hall–Kier alpha value is -2.90. The lowest BCUT2D eigenvalue weighted by Crippen LogP contribution is -2.26. The number of aryl methyl sites for hydroxylation is 1. The van der Waals surface area contributed by atoms with Crippen LogP contribution in [-0.4, -0.2) is 26.6 Å². The molecule has 0 atom stereocenters. The molecule has 0 aliphatic carbocycles. The molecule has 1 N–H and O–H groups in total. The van der Waals surface area contributed by atoms with Gasteiger partial charge in [-0.05, 0) is 30.7 Å². The highest BCUT2D eigenvalue weighted by Gasteiger charge is 2.08. The second-order valence-electron chi connectivity index (χ2n) is 6.19. The molecule has 0 saturated carbocycles. The molecule has 0 spiro atoms. The highest BCUT2D eigenvalue weighted by atomic mass is 35.5. The first-order valence-electron chi connectivity index (χ1n) is 8.80. The Morgan fingerprint density at radius 1 is 1.21 bits per heavy atom. The van der Waals surface area contributed by atoms with Gasteiger partial charge in [0.05, 0.1) is 5.02 Å². The fraction of sp³-hybridized carbons (Fsp3) is 0.150. The Bertz CT molecular complexity index is 1240. The van der Waals surface area contributed by atoms with E-state index in [0.29, 0.717) is 30.2 Å². The van der Waals surface area contributed by atoms with Crippen LogP contribution < -0.4 is 11.0 Å². The molecule has 8 heteroatoms. The van der Waals surface area contributed by atoms with Crippen LogP contribution in [0, 0.1) is 0 Å². The molecule has 4 rings (SSSR count). The first-order chi connectivity index (χ1) is 13.6. The number of carbonyl (C=O) groups excluding carboxylic acids is 1. The quantitative estimate of drug-likeness (QED) is 0.388. The minimum absolute atomic E-state index is 0.179. The third-order valence-corrected chi connectivity index (χ3v) is 5.94. The summed E-state index contributed by atoms with van der Waals surface area (Å²) >= 11 is 7.92. The maximum Gasteiger partial charge on any atom is 0.350 e. The number of nitrogens with one attached hydrogen (secondary N) is 1. The van der Waals surface area contributed by atoms with E-state index in [1.807, 2.05) is 30.3 Å². The summed E-state index contributed by atoms with van der Waals surface area (Å²) in [7, 11) is 0. The van der Waals surface area contributed by atoms with Crippen LogP contribution in [0.2, 0.25) is 5.02 Å². The summed E-state index contributed by atoms with van der Waals surface area (Å²) in [5.74, 6) is -0.198. The van der Waals surface area contributed by atoms with Crippen molar-refractivity contribution in [1.29, 1.82) is 0 Å². The zero-order chi connectivity index (χ0) is 19.5. The van der Waals surface area contributed by atoms with Gasteiger partial charge in [0.25, 0.3) is 0 Å². The number of halogens is 1. The Balaban J connectivity index is 1.31. The number of nitrogens with zero attached hydrogens (tertiary/aromatic N) is 3. The number of pyridine rings is 1. The highest BCUT2D eigenvalue weighted by Crippen LogP contribution is 2.35. The number of aromatic nitrogens is 3. The fourth-order valence-corrected chi connectivity index (χ4v) is 4.30. The molecule has 1 amide bonds. The smallest absolute Gasteiger partial charge is 0.350 e. The molecule has 0 aliphatic rings. The van der Waals surface area contributed by atoms with E-state index in [-0.39, 0.29) is 11.6 Å². The van der Waals surface area contributed by atoms with Gasteiger partial charge >= 0.3 is 5.69 Å². The summed E-state index contributed by atoms with van der Waals surface area (Å²) in [5, 5.41) is 8.73. The second-order valence-corrected chi connectivity index (χ2v) is 7.65. The van der Waals surface area contributed by atoms with Crippen LogP contribution in [0.3, 0.4) is 0 Å². The molecule has 0 aliphatic heterocycles. The van der Waals surface area contributed by atoms with Crippen LogP contribution >= 0.6 is 22.9 Å². The Kier molecular flexibility index (Phi) is 5.27. The molecular weight excluding hydrogens is 396 g/mol. The van der Waals surface area contributed by atoms with Gasteiger partial charge in [-0.1, -0.05) is 35.9 Å². The maximum absolute atomic E-state index is 12.2. The zero-order valence-corrected chi connectivity index (χ0v) is 16.4. The van der Waals surface area contributed by atoms with Crippen molar-refractivity contribution < 1.29 is 4.79 Å². The number of hydrogen-bond acceptors (Lipinski definition) is 4. The van der Waals surface area contributed by atoms with Crippen molar-refractivity contribution in [3.05, 3.63) is 75.1 Å². The lowest BCUT2D eigenvalue weighted by atomic mass is 10.2. The van der Waals surface area contributed by atoms with Gasteiger partial charge in [0.15, 0.2) is 5.65 Å². The lowest BCUT2D eigenvalue weighted by molar-refractivity contribution is -0.116. The Morgan fingerprint density at radius 3 is 2.86 bits per heavy atom. The van der Waals surface area contributed by atoms with Crippen molar-refractivity contribution in [2.45, 2.75) is 13.0 Å². The molecule has 3 aromatic heterocycles. The summed E-state index contributed by atoms with van der Waals surface area (Å²) in [4.78, 5) is 25.1. The number of fused-ring (bicyclic) bond motifs is 2. The van der Waals surface area contributed by atoms with E-state index in [1.165, 1.54) is 15.2 Å². The van der Waals surface area contributed by atoms with Gasteiger partial charge in [0.2, 0.25) is 5.91 Å². The number of hydrogen-bond donors (Lipinski definition) is 1. The van der Waals surface area contributed by atoms with Crippen molar-refractivity contribution >= 4 is 50.7 Å². The van der Waals surface area contributed by atoms with E-state index in [4.69, 9.17) is 11.6 Å². The van der Waals surface area contributed by atoms with Crippen LogP contribution in [-0.2, 0) is 11.3 Å². The normalized spacial score (nSPS) is 11.6. The monoisotopic (exact) mass is 412 g/mol. The largest absolute Gasteiger partial charge is 0.352 e. The fourth-order valence-electron chi connectivity index (χ4n) is 2.90. The Labute approximate surface area is 169 Å². The van der Waals surface area contributed by atoms with Crippen molar-refractivity contribution in [1.82, 2.24) is 19.5 Å². The third-order valence-electron chi connectivity index (χ3n) is 4.28. The lowest BCUT2D eigenvalue weighted by Gasteiger charge is -2.01. The summed E-state index contributed by atoms with van der Waals surface area (Å²) in [6.45, 7) is 0.885. The van der Waals surface area contributed by atoms with E-state index in [2.05, 4.69) is 10.4 Å².